The zero-order chi connectivity index (χ0) is 13.5. The molecule has 0 saturated heterocycles. The number of nitrogens with zero attached hydrogens (tertiary/aromatic N) is 1. The molecule has 1 rings (SSSR count). The van der Waals surface area contributed by atoms with E-state index >= 15 is 0 Å². The maximum atomic E-state index is 11.8. The van der Waals surface area contributed by atoms with Gasteiger partial charge in [0.15, 0.2) is 0 Å². The molecule has 0 radical (unpaired) electrons. The Balaban J connectivity index is 2.32. The van der Waals surface area contributed by atoms with E-state index < -0.39 is 0 Å². The van der Waals surface area contributed by atoms with Crippen LogP contribution in [0.2, 0.25) is 0 Å². The van der Waals surface area contributed by atoms with Crippen molar-refractivity contribution in [3.8, 4) is 0 Å². The zero-order valence-corrected chi connectivity index (χ0v) is 12.8. The summed E-state index contributed by atoms with van der Waals surface area (Å²) in [4.78, 5) is 16.1. The van der Waals surface area contributed by atoms with Gasteiger partial charge in [-0.15, -0.1) is 22.9 Å². The van der Waals surface area contributed by atoms with Crippen molar-refractivity contribution in [1.29, 1.82) is 0 Å². The number of halogens is 1. The Kier molecular flexibility index (Phi) is 6.65. The minimum absolute atomic E-state index is 0.0433. The van der Waals surface area contributed by atoms with Crippen LogP contribution in [0.4, 0.5) is 0 Å². The van der Waals surface area contributed by atoms with Crippen LogP contribution in [0.1, 0.15) is 44.3 Å². The van der Waals surface area contributed by atoms with Gasteiger partial charge in [0.1, 0.15) is 5.01 Å². The standard InChI is InChI=1S/C13H21ClN2OS/c1-9(2)4-5-10(3)15-12(17)6-13-16-11(7-14)8-18-13/h8-10H,4-7H2,1-3H3,(H,15,17). The van der Waals surface area contributed by atoms with Crippen molar-refractivity contribution in [2.24, 2.45) is 5.92 Å². The summed E-state index contributed by atoms with van der Waals surface area (Å²) in [5, 5.41) is 5.74. The number of rotatable bonds is 7. The van der Waals surface area contributed by atoms with Gasteiger partial charge in [0.25, 0.3) is 0 Å². The molecule has 0 aliphatic heterocycles. The SMILES string of the molecule is CC(C)CCC(C)NC(=O)Cc1nc(CCl)cs1. The molecule has 0 aromatic carbocycles. The summed E-state index contributed by atoms with van der Waals surface area (Å²) in [6, 6.07) is 0.229. The van der Waals surface area contributed by atoms with Crippen LogP contribution in [0.5, 0.6) is 0 Å². The summed E-state index contributed by atoms with van der Waals surface area (Å²) in [5.74, 6) is 1.12. The average molecular weight is 289 g/mol. The first-order chi connectivity index (χ1) is 8.51. The molecule has 1 atom stereocenters. The quantitative estimate of drug-likeness (QED) is 0.782. The highest BCUT2D eigenvalue weighted by molar-refractivity contribution is 7.09. The molecule has 0 spiro atoms. The van der Waals surface area contributed by atoms with E-state index in [1.807, 2.05) is 12.3 Å². The van der Waals surface area contributed by atoms with E-state index in [-0.39, 0.29) is 11.9 Å². The van der Waals surface area contributed by atoms with E-state index in [4.69, 9.17) is 11.6 Å². The van der Waals surface area contributed by atoms with E-state index in [2.05, 4.69) is 24.1 Å². The molecule has 0 bridgehead atoms. The van der Waals surface area contributed by atoms with Crippen molar-refractivity contribution >= 4 is 28.8 Å². The van der Waals surface area contributed by atoms with Gasteiger partial charge in [0.05, 0.1) is 18.0 Å². The summed E-state index contributed by atoms with van der Waals surface area (Å²) < 4.78 is 0. The van der Waals surface area contributed by atoms with Gasteiger partial charge < -0.3 is 5.32 Å². The number of thiazole rings is 1. The number of carbonyl (C=O) groups excluding carboxylic acids is 1. The smallest absolute Gasteiger partial charge is 0.227 e. The van der Waals surface area contributed by atoms with Crippen molar-refractivity contribution in [3.63, 3.8) is 0 Å². The van der Waals surface area contributed by atoms with E-state index in [9.17, 15) is 4.79 Å². The van der Waals surface area contributed by atoms with Crippen molar-refractivity contribution in [2.45, 2.75) is 52.0 Å². The summed E-state index contributed by atoms with van der Waals surface area (Å²) in [6.07, 6.45) is 2.51. The third-order valence-electron chi connectivity index (χ3n) is 2.63. The summed E-state index contributed by atoms with van der Waals surface area (Å²) >= 11 is 7.17. The van der Waals surface area contributed by atoms with Crippen LogP contribution in [-0.2, 0) is 17.1 Å². The highest BCUT2D eigenvalue weighted by Crippen LogP contribution is 2.12. The first kappa shape index (κ1) is 15.4. The Morgan fingerprint density at radius 3 is 2.72 bits per heavy atom. The molecular formula is C13H21ClN2OS. The molecule has 0 fully saturated rings. The van der Waals surface area contributed by atoms with Gasteiger partial charge in [0.2, 0.25) is 5.91 Å². The molecule has 1 unspecified atom stereocenters. The van der Waals surface area contributed by atoms with Crippen LogP contribution in [0.25, 0.3) is 0 Å². The fraction of sp³-hybridized carbons (Fsp3) is 0.692. The van der Waals surface area contributed by atoms with Crippen LogP contribution >= 0.6 is 22.9 Å². The normalized spacial score (nSPS) is 12.7. The lowest BCUT2D eigenvalue weighted by molar-refractivity contribution is -0.121. The van der Waals surface area contributed by atoms with Crippen molar-refractivity contribution < 1.29 is 4.79 Å². The van der Waals surface area contributed by atoms with Crippen molar-refractivity contribution in [3.05, 3.63) is 16.1 Å². The van der Waals surface area contributed by atoms with Crippen molar-refractivity contribution in [2.75, 3.05) is 0 Å². The van der Waals surface area contributed by atoms with Crippen LogP contribution in [0.3, 0.4) is 0 Å². The molecule has 102 valence electrons. The van der Waals surface area contributed by atoms with Gasteiger partial charge in [-0.1, -0.05) is 13.8 Å². The molecule has 3 nitrogen and oxygen atoms in total. The Morgan fingerprint density at radius 2 is 2.17 bits per heavy atom. The highest BCUT2D eigenvalue weighted by Gasteiger charge is 2.11. The number of hydrogen-bond acceptors (Lipinski definition) is 3. The second kappa shape index (κ2) is 7.74. The largest absolute Gasteiger partial charge is 0.353 e. The number of nitrogens with one attached hydrogen (secondary N) is 1. The van der Waals surface area contributed by atoms with Crippen LogP contribution in [0, 0.1) is 5.92 Å². The topological polar surface area (TPSA) is 42.0 Å². The lowest BCUT2D eigenvalue weighted by Gasteiger charge is -2.14. The van der Waals surface area contributed by atoms with Gasteiger partial charge >= 0.3 is 0 Å². The molecule has 1 heterocycles. The fourth-order valence-electron chi connectivity index (χ4n) is 1.61. The number of hydrogen-bond donors (Lipinski definition) is 1. The van der Waals surface area contributed by atoms with Gasteiger partial charge in [0, 0.05) is 11.4 Å². The van der Waals surface area contributed by atoms with Gasteiger partial charge in [-0.25, -0.2) is 4.98 Å². The third kappa shape index (κ3) is 5.83. The van der Waals surface area contributed by atoms with Crippen LogP contribution in [0.15, 0.2) is 5.38 Å². The Bertz CT molecular complexity index is 379. The first-order valence-electron chi connectivity index (χ1n) is 6.29. The van der Waals surface area contributed by atoms with E-state index in [1.54, 1.807) is 0 Å². The Labute approximate surface area is 118 Å². The molecule has 1 aromatic rings. The van der Waals surface area contributed by atoms with Crippen LogP contribution < -0.4 is 5.32 Å². The zero-order valence-electron chi connectivity index (χ0n) is 11.2. The Hall–Kier alpha value is -0.610. The van der Waals surface area contributed by atoms with E-state index in [0.717, 1.165) is 23.5 Å². The first-order valence-corrected chi connectivity index (χ1v) is 7.71. The molecule has 5 heteroatoms. The predicted molar refractivity (Wildman–Crippen MR) is 77.1 cm³/mol. The van der Waals surface area contributed by atoms with Crippen molar-refractivity contribution in [1.82, 2.24) is 10.3 Å². The third-order valence-corrected chi connectivity index (χ3v) is 3.80. The van der Waals surface area contributed by atoms with Gasteiger partial charge in [-0.05, 0) is 25.7 Å². The lowest BCUT2D eigenvalue weighted by Crippen LogP contribution is -2.33. The Morgan fingerprint density at radius 1 is 1.44 bits per heavy atom. The number of carbonyl (C=O) groups is 1. The molecule has 1 amide bonds. The van der Waals surface area contributed by atoms with Gasteiger partial charge in [-0.2, -0.15) is 0 Å². The molecule has 1 N–H and O–H groups in total. The molecule has 0 aliphatic rings. The minimum Gasteiger partial charge on any atom is -0.353 e. The lowest BCUT2D eigenvalue weighted by atomic mass is 10.0. The number of amides is 1. The van der Waals surface area contributed by atoms with E-state index in [1.165, 1.54) is 11.3 Å². The molecule has 1 aromatic heterocycles. The second-order valence-corrected chi connectivity index (χ2v) is 6.19. The molecule has 0 aliphatic carbocycles. The monoisotopic (exact) mass is 288 g/mol. The second-order valence-electron chi connectivity index (χ2n) is 4.98. The van der Waals surface area contributed by atoms with Crippen LogP contribution in [-0.4, -0.2) is 16.9 Å². The summed E-state index contributed by atoms with van der Waals surface area (Å²) in [5.41, 5.74) is 0.845. The minimum atomic E-state index is 0.0433. The summed E-state index contributed by atoms with van der Waals surface area (Å²) in [6.45, 7) is 6.43. The highest BCUT2D eigenvalue weighted by atomic mass is 35.5. The average Bonchev–Trinajstić information content (AvgIpc) is 2.73. The molecule has 0 saturated carbocycles. The predicted octanol–water partition coefficient (Wildman–Crippen LogP) is 3.37. The molecule has 18 heavy (non-hydrogen) atoms. The number of alkyl halides is 1. The molecular weight excluding hydrogens is 268 g/mol. The fourth-order valence-corrected chi connectivity index (χ4v) is 2.63. The number of aromatic nitrogens is 1. The van der Waals surface area contributed by atoms with E-state index in [0.29, 0.717) is 18.2 Å². The maximum Gasteiger partial charge on any atom is 0.227 e. The maximum absolute atomic E-state index is 11.8. The summed E-state index contributed by atoms with van der Waals surface area (Å²) in [7, 11) is 0. The van der Waals surface area contributed by atoms with Gasteiger partial charge in [-0.3, -0.25) is 4.79 Å².